The van der Waals surface area contributed by atoms with E-state index in [4.69, 9.17) is 0 Å². The Balaban J connectivity index is 1.74. The second-order valence-corrected chi connectivity index (χ2v) is 6.19. The van der Waals surface area contributed by atoms with Gasteiger partial charge in [-0.1, -0.05) is 29.8 Å². The molecule has 0 bridgehead atoms. The Hall–Kier alpha value is -2.14. The number of benzene rings is 1. The first-order chi connectivity index (χ1) is 10.5. The molecular weight excluding hydrogens is 276 g/mol. The van der Waals surface area contributed by atoms with Gasteiger partial charge in [-0.05, 0) is 33.5 Å². The Bertz CT molecular complexity index is 660. The van der Waals surface area contributed by atoms with Crippen molar-refractivity contribution in [2.45, 2.75) is 19.4 Å². The van der Waals surface area contributed by atoms with E-state index in [-0.39, 0.29) is 5.91 Å². The predicted octanol–water partition coefficient (Wildman–Crippen LogP) is 2.16. The zero-order valence-corrected chi connectivity index (χ0v) is 13.3. The summed E-state index contributed by atoms with van der Waals surface area (Å²) < 4.78 is 0. The van der Waals surface area contributed by atoms with Crippen molar-refractivity contribution in [3.8, 4) is 11.3 Å². The van der Waals surface area contributed by atoms with Crippen LogP contribution in [0.25, 0.3) is 11.3 Å². The van der Waals surface area contributed by atoms with Gasteiger partial charge in [0.1, 0.15) is 5.69 Å². The molecule has 0 spiro atoms. The van der Waals surface area contributed by atoms with Crippen LogP contribution in [0.15, 0.2) is 30.3 Å². The van der Waals surface area contributed by atoms with Gasteiger partial charge in [0.15, 0.2) is 0 Å². The van der Waals surface area contributed by atoms with Gasteiger partial charge in [0.25, 0.3) is 5.91 Å². The third-order valence-corrected chi connectivity index (χ3v) is 4.34. The van der Waals surface area contributed by atoms with Crippen molar-refractivity contribution in [1.82, 2.24) is 20.0 Å². The van der Waals surface area contributed by atoms with Crippen LogP contribution in [0.1, 0.15) is 22.5 Å². The van der Waals surface area contributed by atoms with Gasteiger partial charge in [0.2, 0.25) is 0 Å². The Labute approximate surface area is 130 Å². The molecule has 1 aliphatic rings. The van der Waals surface area contributed by atoms with Gasteiger partial charge in [-0.3, -0.25) is 9.89 Å². The van der Waals surface area contributed by atoms with E-state index < -0.39 is 0 Å². The normalized spacial score (nSPS) is 18.2. The number of likely N-dealkylation sites (N-methyl/N-ethyl adjacent to an activating group) is 1. The van der Waals surface area contributed by atoms with Crippen molar-refractivity contribution in [2.75, 3.05) is 27.2 Å². The molecule has 0 radical (unpaired) electrons. The number of nitrogens with zero attached hydrogens (tertiary/aromatic N) is 3. The largest absolute Gasteiger partial charge is 0.336 e. The minimum absolute atomic E-state index is 0.0372. The fourth-order valence-corrected chi connectivity index (χ4v) is 2.82. The minimum atomic E-state index is 0.0372. The molecule has 116 valence electrons. The van der Waals surface area contributed by atoms with Crippen LogP contribution < -0.4 is 0 Å². The standard InChI is InChI=1S/C17H22N4O/c1-12-4-6-13(7-5-12)15-10-16(19-18-15)17(22)21-9-8-14(11-21)20(2)3/h4-7,10,14H,8-9,11H2,1-3H3,(H,18,19)/t14-/m0/s1. The zero-order valence-electron chi connectivity index (χ0n) is 13.3. The molecule has 2 heterocycles. The van der Waals surface area contributed by atoms with Gasteiger partial charge in [-0.25, -0.2) is 0 Å². The summed E-state index contributed by atoms with van der Waals surface area (Å²) in [6.07, 6.45) is 1.03. The summed E-state index contributed by atoms with van der Waals surface area (Å²) >= 11 is 0. The molecule has 0 aliphatic carbocycles. The van der Waals surface area contributed by atoms with E-state index in [1.165, 1.54) is 5.56 Å². The minimum Gasteiger partial charge on any atom is -0.336 e. The number of rotatable bonds is 3. The number of H-pyrrole nitrogens is 1. The molecule has 5 nitrogen and oxygen atoms in total. The van der Waals surface area contributed by atoms with Crippen LogP contribution >= 0.6 is 0 Å². The summed E-state index contributed by atoms with van der Waals surface area (Å²) in [6, 6.07) is 10.4. The van der Waals surface area contributed by atoms with Crippen molar-refractivity contribution in [2.24, 2.45) is 0 Å². The van der Waals surface area contributed by atoms with E-state index in [1.807, 2.05) is 35.2 Å². The maximum absolute atomic E-state index is 12.6. The van der Waals surface area contributed by atoms with E-state index in [0.717, 1.165) is 30.8 Å². The first-order valence-electron chi connectivity index (χ1n) is 7.63. The Morgan fingerprint density at radius 1 is 1.32 bits per heavy atom. The number of aryl methyl sites for hydroxylation is 1. The molecule has 3 rings (SSSR count). The van der Waals surface area contributed by atoms with E-state index in [0.29, 0.717) is 11.7 Å². The Morgan fingerprint density at radius 3 is 2.68 bits per heavy atom. The smallest absolute Gasteiger partial charge is 0.271 e. The van der Waals surface area contributed by atoms with Crippen LogP contribution in [0.5, 0.6) is 0 Å². The lowest BCUT2D eigenvalue weighted by atomic mass is 10.1. The predicted molar refractivity (Wildman–Crippen MR) is 86.8 cm³/mol. The van der Waals surface area contributed by atoms with E-state index in [9.17, 15) is 4.79 Å². The average molecular weight is 298 g/mol. The van der Waals surface area contributed by atoms with Gasteiger partial charge in [-0.15, -0.1) is 0 Å². The van der Waals surface area contributed by atoms with Crippen molar-refractivity contribution in [3.05, 3.63) is 41.6 Å². The molecule has 1 aliphatic heterocycles. The second kappa shape index (κ2) is 5.93. The highest BCUT2D eigenvalue weighted by Crippen LogP contribution is 2.20. The van der Waals surface area contributed by atoms with Gasteiger partial charge in [0, 0.05) is 24.7 Å². The fourth-order valence-electron chi connectivity index (χ4n) is 2.82. The lowest BCUT2D eigenvalue weighted by molar-refractivity contribution is 0.0777. The topological polar surface area (TPSA) is 52.2 Å². The van der Waals surface area contributed by atoms with Gasteiger partial charge in [-0.2, -0.15) is 5.10 Å². The van der Waals surface area contributed by atoms with Crippen LogP contribution in [0.2, 0.25) is 0 Å². The van der Waals surface area contributed by atoms with Crippen molar-refractivity contribution < 1.29 is 4.79 Å². The van der Waals surface area contributed by atoms with Gasteiger partial charge < -0.3 is 9.80 Å². The second-order valence-electron chi connectivity index (χ2n) is 6.19. The Morgan fingerprint density at radius 2 is 2.05 bits per heavy atom. The highest BCUT2D eigenvalue weighted by atomic mass is 16.2. The van der Waals surface area contributed by atoms with Crippen molar-refractivity contribution >= 4 is 5.91 Å². The number of amides is 1. The number of nitrogens with one attached hydrogen (secondary N) is 1. The van der Waals surface area contributed by atoms with Crippen LogP contribution in [0.4, 0.5) is 0 Å². The number of likely N-dealkylation sites (tertiary alicyclic amines) is 1. The molecule has 2 aromatic rings. The first-order valence-corrected chi connectivity index (χ1v) is 7.63. The maximum atomic E-state index is 12.6. The molecule has 1 N–H and O–H groups in total. The first kappa shape index (κ1) is 14.8. The number of hydrogen-bond donors (Lipinski definition) is 1. The van der Waals surface area contributed by atoms with Gasteiger partial charge in [0.05, 0.1) is 5.69 Å². The number of carbonyl (C=O) groups excluding carboxylic acids is 1. The quantitative estimate of drug-likeness (QED) is 0.945. The van der Waals surface area contributed by atoms with Gasteiger partial charge >= 0.3 is 0 Å². The number of aromatic amines is 1. The summed E-state index contributed by atoms with van der Waals surface area (Å²) in [4.78, 5) is 16.6. The summed E-state index contributed by atoms with van der Waals surface area (Å²) in [5.74, 6) is 0.0372. The molecule has 1 aromatic heterocycles. The average Bonchev–Trinajstić information content (AvgIpc) is 3.17. The summed E-state index contributed by atoms with van der Waals surface area (Å²) in [7, 11) is 4.12. The number of carbonyl (C=O) groups is 1. The van der Waals surface area contributed by atoms with E-state index in [2.05, 4.69) is 36.1 Å². The lowest BCUT2D eigenvalue weighted by Crippen LogP contribution is -2.34. The van der Waals surface area contributed by atoms with Crippen LogP contribution in [-0.2, 0) is 0 Å². The Kier molecular flexibility index (Phi) is 3.98. The zero-order chi connectivity index (χ0) is 15.7. The molecule has 0 saturated carbocycles. The molecule has 1 atom stereocenters. The highest BCUT2D eigenvalue weighted by Gasteiger charge is 2.28. The third kappa shape index (κ3) is 2.90. The van der Waals surface area contributed by atoms with Crippen molar-refractivity contribution in [3.63, 3.8) is 0 Å². The summed E-state index contributed by atoms with van der Waals surface area (Å²) in [6.45, 7) is 3.64. The molecular formula is C17H22N4O. The molecule has 1 fully saturated rings. The SMILES string of the molecule is Cc1ccc(-c2cc(C(=O)N3CC[C@H](N(C)C)C3)[nH]n2)cc1. The number of aromatic nitrogens is 2. The van der Waals surface area contributed by atoms with Crippen LogP contribution in [-0.4, -0.2) is 59.1 Å². The van der Waals surface area contributed by atoms with E-state index in [1.54, 1.807) is 0 Å². The number of hydrogen-bond acceptors (Lipinski definition) is 3. The summed E-state index contributed by atoms with van der Waals surface area (Å²) in [5, 5.41) is 7.16. The molecule has 5 heteroatoms. The highest BCUT2D eigenvalue weighted by molar-refractivity contribution is 5.93. The molecule has 1 aromatic carbocycles. The van der Waals surface area contributed by atoms with Crippen molar-refractivity contribution in [1.29, 1.82) is 0 Å². The van der Waals surface area contributed by atoms with Crippen LogP contribution in [0, 0.1) is 6.92 Å². The fraction of sp³-hybridized carbons (Fsp3) is 0.412. The van der Waals surface area contributed by atoms with Crippen LogP contribution in [0.3, 0.4) is 0 Å². The molecule has 0 unspecified atom stereocenters. The maximum Gasteiger partial charge on any atom is 0.271 e. The molecule has 1 amide bonds. The third-order valence-electron chi connectivity index (χ3n) is 4.34. The van der Waals surface area contributed by atoms with E-state index >= 15 is 0 Å². The summed E-state index contributed by atoms with van der Waals surface area (Å²) in [5.41, 5.74) is 3.61. The molecule has 22 heavy (non-hydrogen) atoms. The lowest BCUT2D eigenvalue weighted by Gasteiger charge is -2.19. The molecule has 1 saturated heterocycles. The monoisotopic (exact) mass is 298 g/mol.